The van der Waals surface area contributed by atoms with E-state index < -0.39 is 23.8 Å². The van der Waals surface area contributed by atoms with Crippen molar-refractivity contribution in [3.63, 3.8) is 0 Å². The van der Waals surface area contributed by atoms with E-state index in [0.717, 1.165) is 5.56 Å². The van der Waals surface area contributed by atoms with Crippen molar-refractivity contribution in [3.8, 4) is 11.4 Å². The van der Waals surface area contributed by atoms with Crippen LogP contribution >= 0.6 is 0 Å². The average Bonchev–Trinajstić information content (AvgIpc) is 3.20. The number of hydrogen-bond acceptors (Lipinski definition) is 7. The SMILES string of the molecule is CC[C@@H](Nc1ncnc2c1nc(-c1cnc(C)nc1)n2CC)C(=O)N1CC(C)C(F)(F)C(C)C1. The normalized spacial score (nSPS) is 21.0. The molecule has 0 radical (unpaired) electrons. The summed E-state index contributed by atoms with van der Waals surface area (Å²) in [6.45, 7) is 9.32. The van der Waals surface area contributed by atoms with E-state index in [1.165, 1.54) is 25.1 Å². The van der Waals surface area contributed by atoms with Gasteiger partial charge in [0.15, 0.2) is 17.0 Å². The minimum atomic E-state index is -2.78. The summed E-state index contributed by atoms with van der Waals surface area (Å²) in [6.07, 6.45) is 5.32. The second-order valence-electron chi connectivity index (χ2n) is 8.92. The van der Waals surface area contributed by atoms with E-state index in [4.69, 9.17) is 4.98 Å². The van der Waals surface area contributed by atoms with Crippen LogP contribution in [0.25, 0.3) is 22.6 Å². The van der Waals surface area contributed by atoms with E-state index >= 15 is 0 Å². The standard InChI is InChI=1S/C23H30F2N8O/c1-6-17(22(34)32-10-13(3)23(24,25)14(4)11-32)30-19-18-21(29-12-28-19)33(7-2)20(31-18)16-8-26-15(5)27-9-16/h8-9,12-14,17H,6-7,10-11H2,1-5H3,(H,28,29,30)/t13?,14?,17-/m1/s1. The summed E-state index contributed by atoms with van der Waals surface area (Å²) in [4.78, 5) is 36.9. The van der Waals surface area contributed by atoms with E-state index in [0.29, 0.717) is 41.6 Å². The largest absolute Gasteiger partial charge is 0.356 e. The van der Waals surface area contributed by atoms with Crippen molar-refractivity contribution in [2.24, 2.45) is 11.8 Å². The molecule has 1 fully saturated rings. The van der Waals surface area contributed by atoms with Crippen LogP contribution in [0.4, 0.5) is 14.6 Å². The zero-order valence-corrected chi connectivity index (χ0v) is 20.1. The molecule has 0 aliphatic carbocycles. The minimum absolute atomic E-state index is 0.0234. The number of alkyl halides is 2. The van der Waals surface area contributed by atoms with Gasteiger partial charge in [0.2, 0.25) is 5.91 Å². The Morgan fingerprint density at radius 2 is 1.79 bits per heavy atom. The van der Waals surface area contributed by atoms with Crippen LogP contribution in [0.15, 0.2) is 18.7 Å². The first-order valence-electron chi connectivity index (χ1n) is 11.6. The molecule has 0 saturated carbocycles. The number of aryl methyl sites for hydroxylation is 2. The van der Waals surface area contributed by atoms with E-state index in [1.807, 2.05) is 25.3 Å². The molecular weight excluding hydrogens is 442 g/mol. The highest BCUT2D eigenvalue weighted by atomic mass is 19.3. The van der Waals surface area contributed by atoms with Crippen LogP contribution in [0.1, 0.15) is 39.9 Å². The number of fused-ring (bicyclic) bond motifs is 1. The maximum absolute atomic E-state index is 14.3. The number of piperidine rings is 1. The van der Waals surface area contributed by atoms with Crippen LogP contribution in [-0.4, -0.2) is 65.3 Å². The van der Waals surface area contributed by atoms with Crippen molar-refractivity contribution < 1.29 is 13.6 Å². The molecule has 9 nitrogen and oxygen atoms in total. The second-order valence-corrected chi connectivity index (χ2v) is 8.92. The Morgan fingerprint density at radius 3 is 2.38 bits per heavy atom. The second kappa shape index (κ2) is 9.19. The van der Waals surface area contributed by atoms with Crippen LogP contribution in [-0.2, 0) is 11.3 Å². The Bertz CT molecular complexity index is 1170. The van der Waals surface area contributed by atoms with Crippen molar-refractivity contribution in [3.05, 3.63) is 24.5 Å². The number of nitrogens with zero attached hydrogens (tertiary/aromatic N) is 7. The summed E-state index contributed by atoms with van der Waals surface area (Å²) < 4.78 is 30.5. The third-order valence-electron chi connectivity index (χ3n) is 6.52. The molecule has 1 amide bonds. The van der Waals surface area contributed by atoms with Gasteiger partial charge in [-0.05, 0) is 20.3 Å². The lowest BCUT2D eigenvalue weighted by Gasteiger charge is -2.42. The number of rotatable bonds is 6. The molecule has 3 aromatic rings. The summed E-state index contributed by atoms with van der Waals surface area (Å²) in [6, 6.07) is -0.623. The van der Waals surface area contributed by atoms with Crippen LogP contribution in [0.3, 0.4) is 0 Å². The number of aromatic nitrogens is 6. The van der Waals surface area contributed by atoms with Gasteiger partial charge >= 0.3 is 0 Å². The fourth-order valence-electron chi connectivity index (χ4n) is 4.44. The summed E-state index contributed by atoms with van der Waals surface area (Å²) in [5.74, 6) is -3.06. The Balaban J connectivity index is 1.64. The van der Waals surface area contributed by atoms with Gasteiger partial charge in [-0.25, -0.2) is 33.7 Å². The Morgan fingerprint density at radius 1 is 1.15 bits per heavy atom. The maximum Gasteiger partial charge on any atom is 0.256 e. The van der Waals surface area contributed by atoms with E-state index in [-0.39, 0.29) is 19.0 Å². The number of anilines is 1. The van der Waals surface area contributed by atoms with Crippen LogP contribution in [0, 0.1) is 18.8 Å². The minimum Gasteiger partial charge on any atom is -0.356 e. The number of likely N-dealkylation sites (tertiary alicyclic amines) is 1. The van der Waals surface area contributed by atoms with Gasteiger partial charge in [0.1, 0.15) is 24.0 Å². The molecule has 2 unspecified atom stereocenters. The highest BCUT2D eigenvalue weighted by Gasteiger charge is 2.48. The number of amides is 1. The summed E-state index contributed by atoms with van der Waals surface area (Å²) in [5, 5.41) is 3.21. The molecule has 1 saturated heterocycles. The zero-order chi connectivity index (χ0) is 24.6. The first-order valence-corrected chi connectivity index (χ1v) is 11.6. The van der Waals surface area contributed by atoms with Crippen molar-refractivity contribution in [1.29, 1.82) is 0 Å². The van der Waals surface area contributed by atoms with Crippen molar-refractivity contribution in [2.75, 3.05) is 18.4 Å². The Labute approximate surface area is 197 Å². The predicted molar refractivity (Wildman–Crippen MR) is 124 cm³/mol. The van der Waals surface area contributed by atoms with E-state index in [2.05, 4.69) is 25.3 Å². The summed E-state index contributed by atoms with van der Waals surface area (Å²) in [7, 11) is 0. The topological polar surface area (TPSA) is 102 Å². The lowest BCUT2D eigenvalue weighted by molar-refractivity contribution is -0.158. The van der Waals surface area contributed by atoms with Gasteiger partial charge in [0, 0.05) is 43.9 Å². The average molecular weight is 473 g/mol. The molecule has 0 aromatic carbocycles. The quantitative estimate of drug-likeness (QED) is 0.585. The highest BCUT2D eigenvalue weighted by molar-refractivity contribution is 5.90. The highest BCUT2D eigenvalue weighted by Crippen LogP contribution is 2.38. The number of halogens is 2. The van der Waals surface area contributed by atoms with Gasteiger partial charge in [0.05, 0.1) is 5.56 Å². The predicted octanol–water partition coefficient (Wildman–Crippen LogP) is 3.55. The Kier molecular flexibility index (Phi) is 6.46. The van der Waals surface area contributed by atoms with Crippen molar-refractivity contribution >= 4 is 22.9 Å². The molecule has 182 valence electrons. The molecule has 4 rings (SSSR count). The molecule has 34 heavy (non-hydrogen) atoms. The van der Waals surface area contributed by atoms with Gasteiger partial charge in [0.25, 0.3) is 5.92 Å². The van der Waals surface area contributed by atoms with Gasteiger partial charge < -0.3 is 14.8 Å². The fourth-order valence-corrected chi connectivity index (χ4v) is 4.44. The summed E-state index contributed by atoms with van der Waals surface area (Å²) in [5.41, 5.74) is 1.90. The number of hydrogen-bond donors (Lipinski definition) is 1. The molecule has 1 aliphatic rings. The molecular formula is C23H30F2N8O. The van der Waals surface area contributed by atoms with Crippen molar-refractivity contribution in [1.82, 2.24) is 34.4 Å². The number of carbonyl (C=O) groups excluding carboxylic acids is 1. The Hall–Kier alpha value is -3.24. The molecule has 11 heteroatoms. The molecule has 0 bridgehead atoms. The van der Waals surface area contributed by atoms with Crippen LogP contribution in [0.5, 0.6) is 0 Å². The molecule has 3 aromatic heterocycles. The molecule has 1 aliphatic heterocycles. The molecule has 3 atom stereocenters. The van der Waals surface area contributed by atoms with Gasteiger partial charge in [-0.3, -0.25) is 4.79 Å². The molecule has 4 heterocycles. The third kappa shape index (κ3) is 4.19. The van der Waals surface area contributed by atoms with Gasteiger partial charge in [-0.2, -0.15) is 0 Å². The maximum atomic E-state index is 14.3. The smallest absolute Gasteiger partial charge is 0.256 e. The number of imidazole rings is 1. The van der Waals surface area contributed by atoms with E-state index in [1.54, 1.807) is 12.4 Å². The lowest BCUT2D eigenvalue weighted by Crippen LogP contribution is -2.56. The number of carbonyl (C=O) groups is 1. The summed E-state index contributed by atoms with van der Waals surface area (Å²) >= 11 is 0. The lowest BCUT2D eigenvalue weighted by atomic mass is 9.87. The first-order chi connectivity index (χ1) is 16.2. The van der Waals surface area contributed by atoms with Gasteiger partial charge in [-0.15, -0.1) is 0 Å². The van der Waals surface area contributed by atoms with Crippen LogP contribution < -0.4 is 5.32 Å². The molecule has 0 spiro atoms. The number of nitrogens with one attached hydrogen (secondary N) is 1. The monoisotopic (exact) mass is 472 g/mol. The van der Waals surface area contributed by atoms with E-state index in [9.17, 15) is 13.6 Å². The fraction of sp³-hybridized carbons (Fsp3) is 0.565. The first kappa shape index (κ1) is 23.9. The zero-order valence-electron chi connectivity index (χ0n) is 20.1. The van der Waals surface area contributed by atoms with Crippen molar-refractivity contribution in [2.45, 2.75) is 59.5 Å². The van der Waals surface area contributed by atoms with Crippen LogP contribution in [0.2, 0.25) is 0 Å². The molecule has 1 N–H and O–H groups in total. The third-order valence-corrected chi connectivity index (χ3v) is 6.52. The van der Waals surface area contributed by atoms with Gasteiger partial charge in [-0.1, -0.05) is 20.8 Å².